The summed E-state index contributed by atoms with van der Waals surface area (Å²) in [6.45, 7) is 0. The second-order valence-electron chi connectivity index (χ2n) is 3.81. The average molecular weight is 250 g/mol. The number of H-pyrrole nitrogens is 1. The van der Waals surface area contributed by atoms with E-state index in [-0.39, 0.29) is 0 Å². The van der Waals surface area contributed by atoms with Crippen molar-refractivity contribution in [3.8, 4) is 11.5 Å². The Morgan fingerprint density at radius 2 is 1.81 bits per heavy atom. The second-order valence-corrected chi connectivity index (χ2v) is 4.56. The number of rotatable bonds is 0. The van der Waals surface area contributed by atoms with E-state index < -0.39 is 0 Å². The number of halogens is 2. The third-order valence-corrected chi connectivity index (χ3v) is 3.75. The summed E-state index contributed by atoms with van der Waals surface area (Å²) in [4.78, 5) is 3.30. The molecule has 2 heterocycles. The molecule has 16 heavy (non-hydrogen) atoms. The first-order chi connectivity index (χ1) is 7.77. The number of fused-ring (bicyclic) bond motifs is 5. The highest BCUT2D eigenvalue weighted by Crippen LogP contribution is 2.59. The fourth-order valence-corrected chi connectivity index (χ4v) is 2.64. The molecule has 0 radical (unpaired) electrons. The third-order valence-electron chi connectivity index (χ3n) is 2.91. The number of aromatic amines is 1. The van der Waals surface area contributed by atoms with Crippen molar-refractivity contribution in [2.45, 2.75) is 0 Å². The van der Waals surface area contributed by atoms with Gasteiger partial charge in [-0.2, -0.15) is 0 Å². The van der Waals surface area contributed by atoms with Crippen molar-refractivity contribution in [2.75, 3.05) is 0 Å². The van der Waals surface area contributed by atoms with E-state index in [0.29, 0.717) is 15.8 Å². The lowest BCUT2D eigenvalue weighted by molar-refractivity contribution is 0.652. The molecule has 2 nitrogen and oxygen atoms in total. The van der Waals surface area contributed by atoms with E-state index in [1.165, 1.54) is 0 Å². The minimum absolute atomic E-state index is 0.508. The van der Waals surface area contributed by atoms with Crippen molar-refractivity contribution in [2.24, 2.45) is 0 Å². The Bertz CT molecular complexity index is 761. The van der Waals surface area contributed by atoms with Gasteiger partial charge in [-0.05, 0) is 6.07 Å². The van der Waals surface area contributed by atoms with E-state index >= 15 is 0 Å². The molecule has 0 unspecified atom stereocenters. The second kappa shape index (κ2) is 2.65. The van der Waals surface area contributed by atoms with Crippen LogP contribution in [0.15, 0.2) is 24.3 Å². The normalized spacial score (nSPS) is 12.9. The Morgan fingerprint density at radius 3 is 2.69 bits per heavy atom. The summed E-state index contributed by atoms with van der Waals surface area (Å²) in [6.07, 6.45) is 0. The maximum absolute atomic E-state index is 6.25. The maximum atomic E-state index is 6.25. The van der Waals surface area contributed by atoms with Crippen LogP contribution in [-0.2, 0) is 0 Å². The van der Waals surface area contributed by atoms with Crippen molar-refractivity contribution in [3.63, 3.8) is 0 Å². The van der Waals surface area contributed by atoms with Crippen molar-refractivity contribution < 1.29 is 4.74 Å². The van der Waals surface area contributed by atoms with E-state index in [2.05, 4.69) is 4.98 Å². The van der Waals surface area contributed by atoms with Gasteiger partial charge in [0.1, 0.15) is 5.02 Å². The van der Waals surface area contributed by atoms with Gasteiger partial charge in [0.15, 0.2) is 11.5 Å². The monoisotopic (exact) mass is 249 g/mol. The van der Waals surface area contributed by atoms with Gasteiger partial charge in [0.2, 0.25) is 0 Å². The van der Waals surface area contributed by atoms with Gasteiger partial charge >= 0.3 is 0 Å². The summed E-state index contributed by atoms with van der Waals surface area (Å²) in [5, 5.41) is 3.08. The van der Waals surface area contributed by atoms with Crippen LogP contribution in [0.5, 0.6) is 11.5 Å². The van der Waals surface area contributed by atoms with Crippen LogP contribution in [0.1, 0.15) is 0 Å². The number of aromatic nitrogens is 1. The minimum Gasteiger partial charge on any atom is -0.445 e. The van der Waals surface area contributed by atoms with Crippen LogP contribution >= 0.6 is 23.2 Å². The molecule has 0 saturated heterocycles. The first-order valence-corrected chi connectivity index (χ1v) is 5.62. The lowest BCUT2D eigenvalue weighted by atomic mass is 10.1. The van der Waals surface area contributed by atoms with E-state index in [9.17, 15) is 0 Å². The molecule has 1 aliphatic heterocycles. The summed E-state index contributed by atoms with van der Waals surface area (Å²) >= 11 is 12.3. The van der Waals surface area contributed by atoms with Gasteiger partial charge in [0, 0.05) is 16.3 Å². The van der Waals surface area contributed by atoms with Crippen molar-refractivity contribution in [1.29, 1.82) is 0 Å². The predicted octanol–water partition coefficient (Wildman–Crippen LogP) is 4.73. The highest BCUT2D eigenvalue weighted by atomic mass is 35.5. The molecule has 2 aromatic carbocycles. The summed E-state index contributed by atoms with van der Waals surface area (Å²) in [5.74, 6) is 1.52. The van der Waals surface area contributed by atoms with Gasteiger partial charge in [-0.1, -0.05) is 41.4 Å². The highest BCUT2D eigenvalue weighted by molar-refractivity contribution is 6.48. The summed E-state index contributed by atoms with van der Waals surface area (Å²) < 4.78 is 5.34. The number of hydrogen-bond acceptors (Lipinski definition) is 1. The molecular formula is C12H5Cl2NO. The van der Waals surface area contributed by atoms with Crippen LogP contribution in [0.3, 0.4) is 0 Å². The van der Waals surface area contributed by atoms with E-state index in [0.717, 1.165) is 27.6 Å². The molecule has 1 N–H and O–H groups in total. The van der Waals surface area contributed by atoms with Crippen LogP contribution in [-0.4, -0.2) is 4.98 Å². The fourth-order valence-electron chi connectivity index (χ4n) is 2.14. The first-order valence-electron chi connectivity index (χ1n) is 4.86. The largest absolute Gasteiger partial charge is 0.445 e. The topological polar surface area (TPSA) is 28.3 Å². The number of hydrogen-bond donors (Lipinski definition) is 1. The molecular weight excluding hydrogens is 245 g/mol. The zero-order valence-corrected chi connectivity index (χ0v) is 9.49. The number of ether oxygens (including phenoxy) is 1. The van der Waals surface area contributed by atoms with Gasteiger partial charge < -0.3 is 9.72 Å². The molecule has 3 aromatic rings. The zero-order chi connectivity index (χ0) is 10.9. The van der Waals surface area contributed by atoms with E-state index in [1.54, 1.807) is 0 Å². The van der Waals surface area contributed by atoms with Gasteiger partial charge in [-0.25, -0.2) is 0 Å². The van der Waals surface area contributed by atoms with E-state index in [4.69, 9.17) is 27.9 Å². The molecule has 0 aliphatic carbocycles. The summed E-state index contributed by atoms with van der Waals surface area (Å²) in [7, 11) is 0. The van der Waals surface area contributed by atoms with Gasteiger partial charge in [-0.15, -0.1) is 0 Å². The molecule has 0 spiro atoms. The van der Waals surface area contributed by atoms with Crippen LogP contribution in [0, 0.1) is 0 Å². The highest BCUT2D eigenvalue weighted by Gasteiger charge is 2.32. The van der Waals surface area contributed by atoms with Crippen molar-refractivity contribution in [3.05, 3.63) is 34.3 Å². The van der Waals surface area contributed by atoms with Gasteiger partial charge in [0.25, 0.3) is 0 Å². The molecule has 1 aromatic heterocycles. The SMILES string of the molecule is Clc1c2c(c3[nH]c4ccccc4c3c1Cl)O2. The lowest BCUT2D eigenvalue weighted by Crippen LogP contribution is -1.67. The molecule has 0 atom stereocenters. The predicted molar refractivity (Wildman–Crippen MR) is 65.9 cm³/mol. The summed E-state index contributed by atoms with van der Waals surface area (Å²) in [5.41, 5.74) is 1.98. The van der Waals surface area contributed by atoms with Crippen LogP contribution < -0.4 is 4.74 Å². The van der Waals surface area contributed by atoms with Crippen LogP contribution in [0.25, 0.3) is 21.8 Å². The number of para-hydroxylation sites is 1. The smallest absolute Gasteiger partial charge is 0.195 e. The average Bonchev–Trinajstić information content (AvgIpc) is 3.00. The Morgan fingerprint density at radius 1 is 1.00 bits per heavy atom. The minimum atomic E-state index is 0.508. The number of benzene rings is 2. The Hall–Kier alpha value is -1.38. The Balaban J connectivity index is 2.36. The molecule has 0 saturated carbocycles. The first kappa shape index (κ1) is 8.74. The Kier molecular flexibility index (Phi) is 1.45. The zero-order valence-electron chi connectivity index (χ0n) is 7.97. The van der Waals surface area contributed by atoms with Gasteiger partial charge in [0.05, 0.1) is 10.5 Å². The fraction of sp³-hybridized carbons (Fsp3) is 0. The molecule has 0 amide bonds. The summed E-state index contributed by atoms with van der Waals surface area (Å²) in [6, 6.07) is 7.98. The lowest BCUT2D eigenvalue weighted by Gasteiger charge is -1.93. The van der Waals surface area contributed by atoms with Gasteiger partial charge in [-0.3, -0.25) is 0 Å². The third kappa shape index (κ3) is 0.896. The van der Waals surface area contributed by atoms with Crippen LogP contribution in [0.4, 0.5) is 0 Å². The maximum Gasteiger partial charge on any atom is 0.195 e. The molecule has 1 aliphatic rings. The molecule has 4 rings (SSSR count). The van der Waals surface area contributed by atoms with Crippen LogP contribution in [0.2, 0.25) is 10.0 Å². The molecule has 0 fully saturated rings. The van der Waals surface area contributed by atoms with Crippen molar-refractivity contribution in [1.82, 2.24) is 4.98 Å². The quantitative estimate of drug-likeness (QED) is 0.449. The Labute approximate surface area is 101 Å². The van der Waals surface area contributed by atoms with E-state index in [1.807, 2.05) is 24.3 Å². The number of nitrogens with one attached hydrogen (secondary N) is 1. The van der Waals surface area contributed by atoms with Crippen molar-refractivity contribution >= 4 is 45.0 Å². The molecule has 4 heteroatoms. The standard InChI is InChI=1S/C12H5Cl2NO/c13-8-7-5-3-1-2-4-6(5)15-10(7)12-11(16-12)9(8)14/h1-4,15H. The molecule has 0 bridgehead atoms. The molecule has 78 valence electrons.